The summed E-state index contributed by atoms with van der Waals surface area (Å²) in [7, 11) is 0. The molecule has 3 rings (SSSR count). The molecular formula is C18H17FN4OS. The molecule has 5 nitrogen and oxygen atoms in total. The lowest BCUT2D eigenvalue weighted by Gasteiger charge is -2.07. The third-order valence-corrected chi connectivity index (χ3v) is 4.78. The zero-order valence-electron chi connectivity index (χ0n) is 13.6. The van der Waals surface area contributed by atoms with Crippen molar-refractivity contribution in [1.29, 1.82) is 0 Å². The van der Waals surface area contributed by atoms with Gasteiger partial charge in [-0.25, -0.2) is 14.2 Å². The Balaban J connectivity index is 1.53. The van der Waals surface area contributed by atoms with Crippen LogP contribution in [-0.4, -0.2) is 16.0 Å². The Morgan fingerprint density at radius 3 is 2.64 bits per heavy atom. The molecule has 1 aromatic carbocycles. The van der Waals surface area contributed by atoms with E-state index in [-0.39, 0.29) is 11.8 Å². The van der Waals surface area contributed by atoms with Crippen LogP contribution in [-0.2, 0) is 13.1 Å². The van der Waals surface area contributed by atoms with Gasteiger partial charge in [0.25, 0.3) is 0 Å². The largest absolute Gasteiger partial charge is 0.334 e. The Morgan fingerprint density at radius 1 is 1.16 bits per heavy atom. The highest BCUT2D eigenvalue weighted by molar-refractivity contribution is 7.15. The standard InChI is InChI=1S/C18H17FN4OS/c1-12-16(25-17(23-12)14-3-2-8-20-10-14)11-22-18(24)21-9-13-4-6-15(19)7-5-13/h2-8,10H,9,11H2,1H3,(H2,21,22,24). The van der Waals surface area contributed by atoms with Gasteiger partial charge < -0.3 is 10.6 Å². The van der Waals surface area contributed by atoms with Crippen LogP contribution < -0.4 is 10.6 Å². The third kappa shape index (κ3) is 4.60. The molecule has 0 atom stereocenters. The van der Waals surface area contributed by atoms with E-state index in [9.17, 15) is 9.18 Å². The summed E-state index contributed by atoms with van der Waals surface area (Å²) in [6, 6.07) is 9.57. The van der Waals surface area contributed by atoms with Crippen LogP contribution in [0.2, 0.25) is 0 Å². The zero-order valence-corrected chi connectivity index (χ0v) is 14.4. The SMILES string of the molecule is Cc1nc(-c2cccnc2)sc1CNC(=O)NCc1ccc(F)cc1. The van der Waals surface area contributed by atoms with Crippen LogP contribution in [0.25, 0.3) is 10.6 Å². The number of hydrogen-bond donors (Lipinski definition) is 2. The normalized spacial score (nSPS) is 10.5. The minimum Gasteiger partial charge on any atom is -0.334 e. The summed E-state index contributed by atoms with van der Waals surface area (Å²) in [4.78, 5) is 21.5. The van der Waals surface area contributed by atoms with E-state index in [1.807, 2.05) is 19.1 Å². The average molecular weight is 356 g/mol. The maximum Gasteiger partial charge on any atom is 0.315 e. The smallest absolute Gasteiger partial charge is 0.315 e. The van der Waals surface area contributed by atoms with E-state index >= 15 is 0 Å². The molecule has 25 heavy (non-hydrogen) atoms. The maximum atomic E-state index is 12.8. The molecule has 0 aliphatic carbocycles. The fourth-order valence-electron chi connectivity index (χ4n) is 2.21. The topological polar surface area (TPSA) is 66.9 Å². The van der Waals surface area contributed by atoms with Gasteiger partial charge in [-0.15, -0.1) is 11.3 Å². The lowest BCUT2D eigenvalue weighted by molar-refractivity contribution is 0.240. The molecular weight excluding hydrogens is 339 g/mol. The van der Waals surface area contributed by atoms with E-state index in [4.69, 9.17) is 0 Å². The summed E-state index contributed by atoms with van der Waals surface area (Å²) in [6.07, 6.45) is 3.49. The van der Waals surface area contributed by atoms with Gasteiger partial charge >= 0.3 is 6.03 Å². The quantitative estimate of drug-likeness (QED) is 0.733. The number of thiazole rings is 1. The third-order valence-electron chi connectivity index (χ3n) is 3.58. The van der Waals surface area contributed by atoms with Crippen molar-refractivity contribution in [2.45, 2.75) is 20.0 Å². The summed E-state index contributed by atoms with van der Waals surface area (Å²) in [5.74, 6) is -0.293. The molecule has 0 aliphatic heterocycles. The van der Waals surface area contributed by atoms with E-state index in [0.29, 0.717) is 13.1 Å². The summed E-state index contributed by atoms with van der Waals surface area (Å²) in [5.41, 5.74) is 2.69. The van der Waals surface area contributed by atoms with Gasteiger partial charge in [0.15, 0.2) is 0 Å². The Bertz CT molecular complexity index is 849. The van der Waals surface area contributed by atoms with Gasteiger partial charge in [0, 0.05) is 29.4 Å². The average Bonchev–Trinajstić information content (AvgIpc) is 3.01. The molecule has 0 aliphatic rings. The first-order chi connectivity index (χ1) is 12.1. The van der Waals surface area contributed by atoms with E-state index < -0.39 is 0 Å². The highest BCUT2D eigenvalue weighted by Gasteiger charge is 2.10. The van der Waals surface area contributed by atoms with Crippen LogP contribution in [0.4, 0.5) is 9.18 Å². The molecule has 2 heterocycles. The molecule has 3 aromatic rings. The number of amides is 2. The molecule has 7 heteroatoms. The molecule has 0 fully saturated rings. The van der Waals surface area contributed by atoms with Gasteiger partial charge in [-0.3, -0.25) is 4.98 Å². The highest BCUT2D eigenvalue weighted by Crippen LogP contribution is 2.27. The predicted octanol–water partition coefficient (Wildman–Crippen LogP) is 3.65. The summed E-state index contributed by atoms with van der Waals surface area (Å²) < 4.78 is 12.8. The van der Waals surface area contributed by atoms with Crippen molar-refractivity contribution in [1.82, 2.24) is 20.6 Å². The number of urea groups is 1. The Hall–Kier alpha value is -2.80. The molecule has 128 valence electrons. The minimum atomic E-state index is -0.293. The molecule has 0 bridgehead atoms. The van der Waals surface area contributed by atoms with Crippen molar-refractivity contribution in [3.05, 3.63) is 70.7 Å². The van der Waals surface area contributed by atoms with Crippen LogP contribution in [0.1, 0.15) is 16.1 Å². The van der Waals surface area contributed by atoms with Gasteiger partial charge in [-0.05, 0) is 36.8 Å². The second-order valence-electron chi connectivity index (χ2n) is 5.43. The molecule has 0 saturated carbocycles. The number of carbonyl (C=O) groups excluding carboxylic acids is 1. The van der Waals surface area contributed by atoms with E-state index in [1.54, 1.807) is 24.5 Å². The van der Waals surface area contributed by atoms with E-state index in [2.05, 4.69) is 20.6 Å². The van der Waals surface area contributed by atoms with Crippen molar-refractivity contribution in [2.24, 2.45) is 0 Å². The fourth-order valence-corrected chi connectivity index (χ4v) is 3.20. The van der Waals surface area contributed by atoms with Crippen LogP contribution in [0.3, 0.4) is 0 Å². The summed E-state index contributed by atoms with van der Waals surface area (Å²) >= 11 is 1.54. The van der Waals surface area contributed by atoms with Crippen LogP contribution in [0, 0.1) is 12.7 Å². The number of pyridine rings is 1. The Labute approximate surface area is 149 Å². The number of rotatable bonds is 5. The first kappa shape index (κ1) is 17.0. The van der Waals surface area contributed by atoms with Crippen LogP contribution >= 0.6 is 11.3 Å². The molecule has 2 aromatic heterocycles. The monoisotopic (exact) mass is 356 g/mol. The molecule has 2 N–H and O–H groups in total. The van der Waals surface area contributed by atoms with Crippen LogP contribution in [0.15, 0.2) is 48.8 Å². The van der Waals surface area contributed by atoms with Gasteiger partial charge in [-0.2, -0.15) is 0 Å². The molecule has 0 saturated heterocycles. The number of carbonyl (C=O) groups is 1. The van der Waals surface area contributed by atoms with Crippen molar-refractivity contribution in [3.8, 4) is 10.6 Å². The highest BCUT2D eigenvalue weighted by atomic mass is 32.1. The van der Waals surface area contributed by atoms with E-state index in [1.165, 1.54) is 23.5 Å². The number of benzene rings is 1. The van der Waals surface area contributed by atoms with Crippen molar-refractivity contribution >= 4 is 17.4 Å². The van der Waals surface area contributed by atoms with Crippen molar-refractivity contribution < 1.29 is 9.18 Å². The van der Waals surface area contributed by atoms with Crippen molar-refractivity contribution in [2.75, 3.05) is 0 Å². The molecule has 0 unspecified atom stereocenters. The predicted molar refractivity (Wildman–Crippen MR) is 95.6 cm³/mol. The second kappa shape index (κ2) is 7.85. The molecule has 0 radical (unpaired) electrons. The number of hydrogen-bond acceptors (Lipinski definition) is 4. The Kier molecular flexibility index (Phi) is 5.35. The summed E-state index contributed by atoms with van der Waals surface area (Å²) in [5, 5.41) is 6.45. The first-order valence-electron chi connectivity index (χ1n) is 7.74. The van der Waals surface area contributed by atoms with Crippen LogP contribution in [0.5, 0.6) is 0 Å². The maximum absolute atomic E-state index is 12.8. The first-order valence-corrected chi connectivity index (χ1v) is 8.56. The number of aryl methyl sites for hydroxylation is 1. The Morgan fingerprint density at radius 2 is 1.92 bits per heavy atom. The number of nitrogens with zero attached hydrogens (tertiary/aromatic N) is 2. The van der Waals surface area contributed by atoms with Gasteiger partial charge in [0.05, 0.1) is 12.2 Å². The van der Waals surface area contributed by atoms with Gasteiger partial charge in [-0.1, -0.05) is 12.1 Å². The second-order valence-corrected chi connectivity index (χ2v) is 6.52. The van der Waals surface area contributed by atoms with Gasteiger partial charge in [0.1, 0.15) is 10.8 Å². The lowest BCUT2D eigenvalue weighted by Crippen LogP contribution is -2.34. The number of aromatic nitrogens is 2. The number of nitrogens with one attached hydrogen (secondary N) is 2. The zero-order chi connectivity index (χ0) is 17.6. The molecule has 2 amide bonds. The van der Waals surface area contributed by atoms with Crippen molar-refractivity contribution in [3.63, 3.8) is 0 Å². The fraction of sp³-hybridized carbons (Fsp3) is 0.167. The number of halogens is 1. The summed E-state index contributed by atoms with van der Waals surface area (Å²) in [6.45, 7) is 2.66. The van der Waals surface area contributed by atoms with E-state index in [0.717, 1.165) is 26.7 Å². The van der Waals surface area contributed by atoms with Gasteiger partial charge in [0.2, 0.25) is 0 Å². The minimum absolute atomic E-state index is 0.278. The molecule has 0 spiro atoms. The lowest BCUT2D eigenvalue weighted by atomic mass is 10.2.